The molecule has 1 N–H and O–H groups in total. The summed E-state index contributed by atoms with van der Waals surface area (Å²) in [5.41, 5.74) is 0. The van der Waals surface area contributed by atoms with Crippen LogP contribution in [0.15, 0.2) is 0 Å². The maximum absolute atomic E-state index is 5.19. The lowest BCUT2D eigenvalue weighted by molar-refractivity contribution is 0.358. The smallest absolute Gasteiger partial charge is 0.195 e. The van der Waals surface area contributed by atoms with E-state index in [-0.39, 0.29) is 0 Å². The summed E-state index contributed by atoms with van der Waals surface area (Å²) in [4.78, 5) is 0. The Morgan fingerprint density at radius 3 is 2.57 bits per heavy atom. The molecule has 0 aliphatic heterocycles. The molecule has 1 heterocycles. The first-order valence-corrected chi connectivity index (χ1v) is 5.61. The van der Waals surface area contributed by atoms with Crippen LogP contribution in [0.3, 0.4) is 0 Å². The molecule has 3 nitrogen and oxygen atoms in total. The van der Waals surface area contributed by atoms with Gasteiger partial charge in [-0.25, -0.2) is 0 Å². The molecular formula is C10H19N3S. The monoisotopic (exact) mass is 213 g/mol. The quantitative estimate of drug-likeness (QED) is 0.780. The number of hydrogen-bond donors (Lipinski definition) is 1. The molecule has 1 aromatic heterocycles. The Hall–Kier alpha value is -0.640. The standard InChI is InChI=1S/C10H19N3S/c1-5-9-11-12-10(14)13(9)6-8(4)7(2)3/h7-8H,5-6H2,1-4H3,(H,12,14). The molecule has 1 unspecified atom stereocenters. The van der Waals surface area contributed by atoms with Gasteiger partial charge in [0.25, 0.3) is 0 Å². The molecule has 14 heavy (non-hydrogen) atoms. The molecule has 1 atom stereocenters. The Kier molecular flexibility index (Phi) is 3.86. The van der Waals surface area contributed by atoms with E-state index in [4.69, 9.17) is 12.2 Å². The van der Waals surface area contributed by atoms with Crippen molar-refractivity contribution >= 4 is 12.2 Å². The van der Waals surface area contributed by atoms with Gasteiger partial charge in [-0.2, -0.15) is 5.10 Å². The molecule has 0 fully saturated rings. The molecular weight excluding hydrogens is 194 g/mol. The predicted octanol–water partition coefficient (Wildman–Crippen LogP) is 2.80. The van der Waals surface area contributed by atoms with E-state index in [0.29, 0.717) is 11.8 Å². The Balaban J connectivity index is 2.84. The van der Waals surface area contributed by atoms with Crippen molar-refractivity contribution in [1.29, 1.82) is 0 Å². The lowest BCUT2D eigenvalue weighted by Crippen LogP contribution is -2.15. The Morgan fingerprint density at radius 2 is 2.07 bits per heavy atom. The molecule has 1 aromatic rings. The zero-order valence-corrected chi connectivity index (χ0v) is 10.2. The van der Waals surface area contributed by atoms with Gasteiger partial charge >= 0.3 is 0 Å². The minimum absolute atomic E-state index is 0.629. The SMILES string of the molecule is CCc1n[nH]c(=S)n1CC(C)C(C)C. The van der Waals surface area contributed by atoms with Crippen LogP contribution in [-0.2, 0) is 13.0 Å². The third kappa shape index (κ3) is 2.44. The lowest BCUT2D eigenvalue weighted by Gasteiger charge is -2.16. The van der Waals surface area contributed by atoms with Gasteiger partial charge in [0.05, 0.1) is 0 Å². The van der Waals surface area contributed by atoms with Crippen LogP contribution in [0.4, 0.5) is 0 Å². The number of hydrogen-bond acceptors (Lipinski definition) is 2. The van der Waals surface area contributed by atoms with E-state index in [1.807, 2.05) is 0 Å². The molecule has 80 valence electrons. The molecule has 0 radical (unpaired) electrons. The van der Waals surface area contributed by atoms with Crippen LogP contribution < -0.4 is 0 Å². The van der Waals surface area contributed by atoms with E-state index in [1.165, 1.54) is 0 Å². The average Bonchev–Trinajstić information content (AvgIpc) is 2.47. The number of nitrogens with one attached hydrogen (secondary N) is 1. The van der Waals surface area contributed by atoms with E-state index < -0.39 is 0 Å². The molecule has 0 saturated heterocycles. The highest BCUT2D eigenvalue weighted by Crippen LogP contribution is 2.13. The van der Waals surface area contributed by atoms with Crippen LogP contribution in [0.1, 0.15) is 33.5 Å². The second-order valence-corrected chi connectivity index (χ2v) is 4.52. The molecule has 0 aromatic carbocycles. The summed E-state index contributed by atoms with van der Waals surface area (Å²) in [5.74, 6) is 2.36. The lowest BCUT2D eigenvalue weighted by atomic mass is 9.98. The van der Waals surface area contributed by atoms with Crippen molar-refractivity contribution in [1.82, 2.24) is 14.8 Å². The van der Waals surface area contributed by atoms with Crippen LogP contribution in [0.25, 0.3) is 0 Å². The number of aromatic nitrogens is 3. The summed E-state index contributed by atoms with van der Waals surface area (Å²) in [7, 11) is 0. The predicted molar refractivity (Wildman–Crippen MR) is 60.8 cm³/mol. The van der Waals surface area contributed by atoms with Crippen LogP contribution in [0.5, 0.6) is 0 Å². The fourth-order valence-electron chi connectivity index (χ4n) is 1.31. The number of nitrogens with zero attached hydrogens (tertiary/aromatic N) is 2. The maximum Gasteiger partial charge on any atom is 0.195 e. The van der Waals surface area contributed by atoms with Gasteiger partial charge in [0.1, 0.15) is 5.82 Å². The topological polar surface area (TPSA) is 33.6 Å². The molecule has 4 heteroatoms. The Labute approximate surface area is 90.5 Å². The summed E-state index contributed by atoms with van der Waals surface area (Å²) in [6.45, 7) is 9.79. The van der Waals surface area contributed by atoms with Gasteiger partial charge in [0, 0.05) is 13.0 Å². The van der Waals surface area contributed by atoms with E-state index in [1.54, 1.807) is 0 Å². The van der Waals surface area contributed by atoms with E-state index in [0.717, 1.165) is 23.6 Å². The summed E-state index contributed by atoms with van der Waals surface area (Å²) in [6.07, 6.45) is 0.929. The number of H-pyrrole nitrogens is 1. The number of aromatic amines is 1. The van der Waals surface area contributed by atoms with Crippen molar-refractivity contribution in [3.63, 3.8) is 0 Å². The highest BCUT2D eigenvalue weighted by molar-refractivity contribution is 7.71. The zero-order valence-electron chi connectivity index (χ0n) is 9.37. The highest BCUT2D eigenvalue weighted by Gasteiger charge is 2.11. The molecule has 0 spiro atoms. The number of aryl methyl sites for hydroxylation is 1. The summed E-state index contributed by atoms with van der Waals surface area (Å²) in [5, 5.41) is 7.04. The molecule has 0 aliphatic carbocycles. The zero-order chi connectivity index (χ0) is 10.7. The Morgan fingerprint density at radius 1 is 1.43 bits per heavy atom. The minimum atomic E-state index is 0.629. The second kappa shape index (κ2) is 4.73. The summed E-state index contributed by atoms with van der Waals surface area (Å²) >= 11 is 5.19. The maximum atomic E-state index is 5.19. The first kappa shape index (κ1) is 11.4. The summed E-state index contributed by atoms with van der Waals surface area (Å²) < 4.78 is 2.86. The van der Waals surface area contributed by atoms with Crippen molar-refractivity contribution in [2.45, 2.75) is 40.7 Å². The van der Waals surface area contributed by atoms with Crippen LogP contribution in [-0.4, -0.2) is 14.8 Å². The van der Waals surface area contributed by atoms with Gasteiger partial charge in [-0.15, -0.1) is 0 Å². The largest absolute Gasteiger partial charge is 0.304 e. The van der Waals surface area contributed by atoms with E-state index >= 15 is 0 Å². The van der Waals surface area contributed by atoms with Crippen LogP contribution >= 0.6 is 12.2 Å². The van der Waals surface area contributed by atoms with Gasteiger partial charge in [-0.3, -0.25) is 5.10 Å². The van der Waals surface area contributed by atoms with Crippen LogP contribution in [0.2, 0.25) is 0 Å². The Bertz CT molecular complexity index is 337. The van der Waals surface area contributed by atoms with Crippen molar-refractivity contribution in [2.75, 3.05) is 0 Å². The third-order valence-corrected chi connectivity index (χ3v) is 3.07. The average molecular weight is 213 g/mol. The third-order valence-electron chi connectivity index (χ3n) is 2.76. The molecule has 0 aliphatic rings. The van der Waals surface area contributed by atoms with Crippen molar-refractivity contribution in [2.24, 2.45) is 11.8 Å². The van der Waals surface area contributed by atoms with Gasteiger partial charge in [-0.1, -0.05) is 27.7 Å². The molecule has 0 saturated carbocycles. The van der Waals surface area contributed by atoms with Crippen LogP contribution in [0, 0.1) is 16.6 Å². The van der Waals surface area contributed by atoms with Crippen molar-refractivity contribution in [3.8, 4) is 0 Å². The number of rotatable bonds is 4. The first-order valence-electron chi connectivity index (χ1n) is 5.20. The fraction of sp³-hybridized carbons (Fsp3) is 0.800. The van der Waals surface area contributed by atoms with Crippen molar-refractivity contribution in [3.05, 3.63) is 10.6 Å². The van der Waals surface area contributed by atoms with Gasteiger partial charge < -0.3 is 4.57 Å². The second-order valence-electron chi connectivity index (χ2n) is 4.13. The van der Waals surface area contributed by atoms with E-state index in [9.17, 15) is 0 Å². The molecule has 1 rings (SSSR count). The first-order chi connectivity index (χ1) is 6.56. The normalized spacial score (nSPS) is 13.5. The van der Waals surface area contributed by atoms with Gasteiger partial charge in [0.15, 0.2) is 4.77 Å². The van der Waals surface area contributed by atoms with Gasteiger partial charge in [-0.05, 0) is 24.1 Å². The highest BCUT2D eigenvalue weighted by atomic mass is 32.1. The molecule has 0 bridgehead atoms. The van der Waals surface area contributed by atoms with Crippen molar-refractivity contribution < 1.29 is 0 Å². The molecule has 0 amide bonds. The van der Waals surface area contributed by atoms with E-state index in [2.05, 4.69) is 42.5 Å². The van der Waals surface area contributed by atoms with Gasteiger partial charge in [0.2, 0.25) is 0 Å². The fourth-order valence-corrected chi connectivity index (χ4v) is 1.53. The summed E-state index contributed by atoms with van der Waals surface area (Å²) in [6, 6.07) is 0. The minimum Gasteiger partial charge on any atom is -0.304 e.